The highest BCUT2D eigenvalue weighted by molar-refractivity contribution is 7.80. The Morgan fingerprint density at radius 3 is 2.24 bits per heavy atom. The van der Waals surface area contributed by atoms with Crippen LogP contribution in [-0.2, 0) is 0 Å². The quantitative estimate of drug-likeness (QED) is 0.796. The summed E-state index contributed by atoms with van der Waals surface area (Å²) in [4.78, 5) is 9.57. The van der Waals surface area contributed by atoms with Crippen LogP contribution in [0.15, 0.2) is 29.2 Å². The van der Waals surface area contributed by atoms with Crippen LogP contribution in [0.25, 0.3) is 0 Å². The van der Waals surface area contributed by atoms with Gasteiger partial charge in [-0.3, -0.25) is 0 Å². The van der Waals surface area contributed by atoms with Crippen molar-refractivity contribution in [1.29, 1.82) is 0 Å². The predicted molar refractivity (Wildman–Crippen MR) is 73.2 cm³/mol. The molecular weight excluding hydrogens is 230 g/mol. The van der Waals surface area contributed by atoms with E-state index in [1.165, 1.54) is 5.56 Å². The Morgan fingerprint density at radius 1 is 1.00 bits per heavy atom. The zero-order valence-corrected chi connectivity index (χ0v) is 11.0. The Labute approximate surface area is 107 Å². The molecule has 0 radical (unpaired) electrons. The Morgan fingerprint density at radius 2 is 1.65 bits per heavy atom. The number of hydrogen-bond acceptors (Lipinski definition) is 4. The van der Waals surface area contributed by atoms with Crippen molar-refractivity contribution in [2.75, 3.05) is 5.32 Å². The summed E-state index contributed by atoms with van der Waals surface area (Å²) in [5.41, 5.74) is 4.01. The monoisotopic (exact) mass is 245 g/mol. The second kappa shape index (κ2) is 4.75. The summed E-state index contributed by atoms with van der Waals surface area (Å²) in [6, 6.07) is 7.97. The van der Waals surface area contributed by atoms with Gasteiger partial charge in [0.2, 0.25) is 5.95 Å². The van der Waals surface area contributed by atoms with E-state index < -0.39 is 0 Å². The van der Waals surface area contributed by atoms with Gasteiger partial charge in [0.15, 0.2) is 0 Å². The number of nitrogens with zero attached hydrogens (tertiary/aromatic N) is 2. The molecule has 0 fully saturated rings. The Balaban J connectivity index is 2.31. The van der Waals surface area contributed by atoms with Crippen LogP contribution in [0, 0.1) is 20.8 Å². The third-order valence-corrected chi connectivity index (χ3v) is 2.75. The van der Waals surface area contributed by atoms with Gasteiger partial charge in [-0.1, -0.05) is 6.07 Å². The third kappa shape index (κ3) is 2.97. The molecule has 1 aromatic carbocycles. The highest BCUT2D eigenvalue weighted by atomic mass is 32.1. The van der Waals surface area contributed by atoms with Gasteiger partial charge < -0.3 is 5.32 Å². The lowest BCUT2D eigenvalue weighted by Gasteiger charge is -2.09. The average Bonchev–Trinajstić information content (AvgIpc) is 2.21. The summed E-state index contributed by atoms with van der Waals surface area (Å²) >= 11 is 4.43. The maximum atomic E-state index is 4.43. The molecule has 0 aliphatic heterocycles. The first kappa shape index (κ1) is 11.9. The lowest BCUT2D eigenvalue weighted by molar-refractivity contribution is 1.06. The van der Waals surface area contributed by atoms with Crippen LogP contribution in [0.5, 0.6) is 0 Å². The van der Waals surface area contributed by atoms with E-state index in [0.29, 0.717) is 5.95 Å². The van der Waals surface area contributed by atoms with Crippen LogP contribution in [0.2, 0.25) is 0 Å². The van der Waals surface area contributed by atoms with Crippen molar-refractivity contribution in [3.05, 3.63) is 41.2 Å². The van der Waals surface area contributed by atoms with Gasteiger partial charge in [-0.05, 0) is 44.5 Å². The van der Waals surface area contributed by atoms with Crippen molar-refractivity contribution >= 4 is 24.3 Å². The van der Waals surface area contributed by atoms with Crippen molar-refractivity contribution in [1.82, 2.24) is 9.97 Å². The molecule has 17 heavy (non-hydrogen) atoms. The fourth-order valence-electron chi connectivity index (χ4n) is 1.65. The van der Waals surface area contributed by atoms with Crippen LogP contribution in [0.4, 0.5) is 11.6 Å². The molecular formula is C13H15N3S. The van der Waals surface area contributed by atoms with Crippen molar-refractivity contribution in [2.24, 2.45) is 0 Å². The van der Waals surface area contributed by atoms with E-state index in [-0.39, 0.29) is 0 Å². The summed E-state index contributed by atoms with van der Waals surface area (Å²) in [6.45, 7) is 5.95. The molecule has 4 heteroatoms. The van der Waals surface area contributed by atoms with Gasteiger partial charge in [-0.15, -0.1) is 12.6 Å². The topological polar surface area (TPSA) is 37.8 Å². The minimum absolute atomic E-state index is 0.613. The first-order valence-corrected chi connectivity index (χ1v) is 5.88. The molecule has 0 saturated carbocycles. The van der Waals surface area contributed by atoms with E-state index in [2.05, 4.69) is 27.9 Å². The molecule has 0 aliphatic carbocycles. The molecule has 88 valence electrons. The Hall–Kier alpha value is -1.55. The summed E-state index contributed by atoms with van der Waals surface area (Å²) in [7, 11) is 0. The smallest absolute Gasteiger partial charge is 0.227 e. The third-order valence-electron chi connectivity index (χ3n) is 2.38. The maximum absolute atomic E-state index is 4.43. The SMILES string of the molecule is Cc1ccc(Nc2nc(C)cc(C)n2)c(S)c1. The lowest BCUT2D eigenvalue weighted by atomic mass is 10.2. The number of aryl methyl sites for hydroxylation is 3. The van der Waals surface area contributed by atoms with E-state index in [1.54, 1.807) is 0 Å². The first-order valence-electron chi connectivity index (χ1n) is 5.43. The summed E-state index contributed by atoms with van der Waals surface area (Å²) < 4.78 is 0. The molecule has 0 unspecified atom stereocenters. The molecule has 1 N–H and O–H groups in total. The number of hydrogen-bond donors (Lipinski definition) is 2. The lowest BCUT2D eigenvalue weighted by Crippen LogP contribution is -2.00. The molecule has 0 spiro atoms. The van der Waals surface area contributed by atoms with Gasteiger partial charge >= 0.3 is 0 Å². The minimum atomic E-state index is 0.613. The molecule has 1 aromatic heterocycles. The predicted octanol–water partition coefficient (Wildman–Crippen LogP) is 3.43. The van der Waals surface area contributed by atoms with Crippen LogP contribution in [0.1, 0.15) is 17.0 Å². The number of rotatable bonds is 2. The van der Waals surface area contributed by atoms with E-state index in [9.17, 15) is 0 Å². The van der Waals surface area contributed by atoms with E-state index in [0.717, 1.165) is 22.0 Å². The molecule has 0 aliphatic rings. The van der Waals surface area contributed by atoms with Gasteiger partial charge in [0, 0.05) is 16.3 Å². The molecule has 1 heterocycles. The summed E-state index contributed by atoms with van der Waals surface area (Å²) in [6.07, 6.45) is 0. The van der Waals surface area contributed by atoms with E-state index in [4.69, 9.17) is 0 Å². The largest absolute Gasteiger partial charge is 0.323 e. The molecule has 0 amide bonds. The molecule has 0 saturated heterocycles. The fourth-order valence-corrected chi connectivity index (χ4v) is 1.98. The second-order valence-corrected chi connectivity index (χ2v) is 4.60. The maximum Gasteiger partial charge on any atom is 0.227 e. The number of aromatic nitrogens is 2. The van der Waals surface area contributed by atoms with Crippen molar-refractivity contribution in [3.63, 3.8) is 0 Å². The molecule has 2 rings (SSSR count). The first-order chi connectivity index (χ1) is 8.04. The normalized spacial score (nSPS) is 10.4. The number of thiol groups is 1. The summed E-state index contributed by atoms with van der Waals surface area (Å²) in [5, 5.41) is 3.18. The molecule has 0 atom stereocenters. The highest BCUT2D eigenvalue weighted by Gasteiger charge is 2.03. The standard InChI is InChI=1S/C13H15N3S/c1-8-4-5-11(12(17)6-8)16-13-14-9(2)7-10(3)15-13/h4-7,17H,1-3H3,(H,14,15,16). The second-order valence-electron chi connectivity index (χ2n) is 4.12. The van der Waals surface area contributed by atoms with Gasteiger partial charge in [-0.25, -0.2) is 9.97 Å². The van der Waals surface area contributed by atoms with E-state index >= 15 is 0 Å². The van der Waals surface area contributed by atoms with Gasteiger partial charge in [0.25, 0.3) is 0 Å². The highest BCUT2D eigenvalue weighted by Crippen LogP contribution is 2.23. The minimum Gasteiger partial charge on any atom is -0.323 e. The molecule has 0 bridgehead atoms. The van der Waals surface area contributed by atoms with Crippen molar-refractivity contribution < 1.29 is 0 Å². The zero-order valence-electron chi connectivity index (χ0n) is 10.2. The molecule has 3 nitrogen and oxygen atoms in total. The van der Waals surface area contributed by atoms with Crippen LogP contribution in [0.3, 0.4) is 0 Å². The van der Waals surface area contributed by atoms with Gasteiger partial charge in [-0.2, -0.15) is 0 Å². The van der Waals surface area contributed by atoms with Gasteiger partial charge in [0.05, 0.1) is 5.69 Å². The molecule has 2 aromatic rings. The van der Waals surface area contributed by atoms with Crippen LogP contribution >= 0.6 is 12.6 Å². The summed E-state index contributed by atoms with van der Waals surface area (Å²) in [5.74, 6) is 0.613. The zero-order chi connectivity index (χ0) is 12.4. The van der Waals surface area contributed by atoms with Crippen LogP contribution < -0.4 is 5.32 Å². The van der Waals surface area contributed by atoms with E-state index in [1.807, 2.05) is 45.0 Å². The Bertz CT molecular complexity index is 532. The van der Waals surface area contributed by atoms with Gasteiger partial charge in [0.1, 0.15) is 0 Å². The number of anilines is 2. The van der Waals surface area contributed by atoms with Crippen molar-refractivity contribution in [2.45, 2.75) is 25.7 Å². The van der Waals surface area contributed by atoms with Crippen molar-refractivity contribution in [3.8, 4) is 0 Å². The fraction of sp³-hybridized carbons (Fsp3) is 0.231. The van der Waals surface area contributed by atoms with Crippen LogP contribution in [-0.4, -0.2) is 9.97 Å². The number of benzene rings is 1. The average molecular weight is 245 g/mol. The Kier molecular flexibility index (Phi) is 3.33. The number of nitrogens with one attached hydrogen (secondary N) is 1.